The number of hydrogen-bond donors (Lipinski definition) is 1. The van der Waals surface area contributed by atoms with Crippen molar-refractivity contribution in [1.82, 2.24) is 0 Å². The number of benzene rings is 3. The molecule has 0 saturated carbocycles. The summed E-state index contributed by atoms with van der Waals surface area (Å²) >= 11 is 0. The number of rotatable bonds is 6. The van der Waals surface area contributed by atoms with Crippen LogP contribution in [0.3, 0.4) is 0 Å². The third-order valence-corrected chi connectivity index (χ3v) is 6.69. The van der Waals surface area contributed by atoms with Crippen LogP contribution in [0.25, 0.3) is 0 Å². The second-order valence-electron chi connectivity index (χ2n) is 5.38. The number of para-hydroxylation sites is 1. The molecular formula is C20H19N2OP. The number of hydrazone groups is 1. The molecule has 0 saturated heterocycles. The van der Waals surface area contributed by atoms with E-state index >= 15 is 0 Å². The average molecular weight is 334 g/mol. The van der Waals surface area contributed by atoms with Gasteiger partial charge in [0.1, 0.15) is 7.14 Å². The fourth-order valence-electron chi connectivity index (χ4n) is 2.49. The molecule has 0 spiro atoms. The molecular weight excluding hydrogens is 315 g/mol. The summed E-state index contributed by atoms with van der Waals surface area (Å²) < 4.78 is 13.7. The number of hydrogen-bond acceptors (Lipinski definition) is 3. The molecule has 0 aliphatic rings. The summed E-state index contributed by atoms with van der Waals surface area (Å²) in [7, 11) is -2.73. The lowest BCUT2D eigenvalue weighted by Crippen LogP contribution is -2.19. The van der Waals surface area contributed by atoms with E-state index in [0.717, 1.165) is 16.3 Å². The normalized spacial score (nSPS) is 11.5. The Morgan fingerprint density at radius 3 is 1.71 bits per heavy atom. The predicted molar refractivity (Wildman–Crippen MR) is 103 cm³/mol. The molecule has 120 valence electrons. The van der Waals surface area contributed by atoms with E-state index < -0.39 is 7.14 Å². The van der Waals surface area contributed by atoms with Crippen molar-refractivity contribution in [2.45, 2.75) is 0 Å². The number of anilines is 1. The molecule has 0 amide bonds. The molecule has 0 aliphatic heterocycles. The minimum absolute atomic E-state index is 0.376. The molecule has 0 aliphatic carbocycles. The average Bonchev–Trinajstić information content (AvgIpc) is 2.67. The molecule has 3 nitrogen and oxygen atoms in total. The monoisotopic (exact) mass is 334 g/mol. The van der Waals surface area contributed by atoms with Crippen LogP contribution in [-0.2, 0) is 4.57 Å². The Bertz CT molecular complexity index is 790. The Balaban J connectivity index is 1.83. The van der Waals surface area contributed by atoms with Gasteiger partial charge in [0, 0.05) is 23.0 Å². The maximum Gasteiger partial charge on any atom is 0.148 e. The van der Waals surface area contributed by atoms with Crippen molar-refractivity contribution in [3.63, 3.8) is 0 Å². The Hall–Kier alpha value is -2.64. The summed E-state index contributed by atoms with van der Waals surface area (Å²) in [6.45, 7) is 0. The molecule has 3 aromatic rings. The van der Waals surface area contributed by atoms with Gasteiger partial charge in [0.05, 0.1) is 5.69 Å². The lowest BCUT2D eigenvalue weighted by atomic mass is 10.3. The van der Waals surface area contributed by atoms with E-state index in [0.29, 0.717) is 6.16 Å². The standard InChI is InChI=1S/C20H19N2OP/c23-24(19-12-6-2-7-13-19,20-14-8-3-9-15-20)17-16-21-22-18-10-4-1-5-11-18/h1-16,22H,17H2. The van der Waals surface area contributed by atoms with Gasteiger partial charge in [0.25, 0.3) is 0 Å². The third kappa shape index (κ3) is 3.81. The van der Waals surface area contributed by atoms with Crippen LogP contribution in [0.15, 0.2) is 96.1 Å². The highest BCUT2D eigenvalue weighted by Gasteiger charge is 2.25. The van der Waals surface area contributed by atoms with E-state index in [2.05, 4.69) is 10.5 Å². The second kappa shape index (κ2) is 7.76. The number of nitrogens with one attached hydrogen (secondary N) is 1. The highest BCUT2D eigenvalue weighted by Crippen LogP contribution is 2.42. The summed E-state index contributed by atoms with van der Waals surface area (Å²) in [5, 5.41) is 5.93. The van der Waals surface area contributed by atoms with Crippen LogP contribution in [0, 0.1) is 0 Å². The van der Waals surface area contributed by atoms with Gasteiger partial charge in [-0.3, -0.25) is 5.43 Å². The van der Waals surface area contributed by atoms with Gasteiger partial charge in [-0.2, -0.15) is 5.10 Å². The third-order valence-electron chi connectivity index (χ3n) is 3.74. The molecule has 0 atom stereocenters. The molecule has 0 aromatic heterocycles. The second-order valence-corrected chi connectivity index (χ2v) is 8.26. The van der Waals surface area contributed by atoms with Crippen LogP contribution < -0.4 is 16.0 Å². The summed E-state index contributed by atoms with van der Waals surface area (Å²) in [4.78, 5) is 0. The fraction of sp³-hybridized carbons (Fsp3) is 0.0500. The van der Waals surface area contributed by atoms with E-state index in [-0.39, 0.29) is 0 Å². The fourth-order valence-corrected chi connectivity index (χ4v) is 4.83. The molecule has 3 rings (SSSR count). The minimum atomic E-state index is -2.73. The van der Waals surface area contributed by atoms with Crippen molar-refractivity contribution in [1.29, 1.82) is 0 Å². The van der Waals surface area contributed by atoms with Crippen molar-refractivity contribution in [3.05, 3.63) is 91.0 Å². The highest BCUT2D eigenvalue weighted by atomic mass is 31.2. The van der Waals surface area contributed by atoms with Crippen molar-refractivity contribution in [3.8, 4) is 0 Å². The SMILES string of the molecule is O=P(CC=NNc1ccccc1)(c1ccccc1)c1ccccc1. The van der Waals surface area contributed by atoms with Crippen molar-refractivity contribution >= 4 is 29.7 Å². The lowest BCUT2D eigenvalue weighted by molar-refractivity contribution is 0.589. The van der Waals surface area contributed by atoms with Crippen LogP contribution in [0.5, 0.6) is 0 Å². The smallest absolute Gasteiger partial charge is 0.148 e. The van der Waals surface area contributed by atoms with Crippen LogP contribution in [0.2, 0.25) is 0 Å². The van der Waals surface area contributed by atoms with Crippen molar-refractivity contribution in [2.75, 3.05) is 11.6 Å². The van der Waals surface area contributed by atoms with E-state index in [4.69, 9.17) is 0 Å². The molecule has 0 unspecified atom stereocenters. The maximum absolute atomic E-state index is 13.7. The Kier molecular flexibility index (Phi) is 5.25. The van der Waals surface area contributed by atoms with Crippen LogP contribution >= 0.6 is 7.14 Å². The molecule has 3 aromatic carbocycles. The van der Waals surface area contributed by atoms with Crippen molar-refractivity contribution < 1.29 is 4.57 Å². The van der Waals surface area contributed by atoms with Crippen LogP contribution in [0.1, 0.15) is 0 Å². The molecule has 0 heterocycles. The van der Waals surface area contributed by atoms with Crippen LogP contribution in [0.4, 0.5) is 5.69 Å². The zero-order valence-electron chi connectivity index (χ0n) is 13.2. The van der Waals surface area contributed by atoms with Gasteiger partial charge in [-0.05, 0) is 12.1 Å². The topological polar surface area (TPSA) is 41.5 Å². The molecule has 0 radical (unpaired) electrons. The molecule has 24 heavy (non-hydrogen) atoms. The van der Waals surface area contributed by atoms with E-state index in [1.165, 1.54) is 0 Å². The molecule has 1 N–H and O–H groups in total. The Morgan fingerprint density at radius 2 is 1.21 bits per heavy atom. The van der Waals surface area contributed by atoms with Gasteiger partial charge < -0.3 is 4.57 Å². The number of nitrogens with zero attached hydrogens (tertiary/aromatic N) is 1. The van der Waals surface area contributed by atoms with Crippen LogP contribution in [-0.4, -0.2) is 12.4 Å². The van der Waals surface area contributed by atoms with E-state index in [1.807, 2.05) is 91.0 Å². The van der Waals surface area contributed by atoms with Crippen molar-refractivity contribution in [2.24, 2.45) is 5.10 Å². The van der Waals surface area contributed by atoms with Gasteiger partial charge in [-0.25, -0.2) is 0 Å². The maximum atomic E-state index is 13.7. The predicted octanol–water partition coefficient (Wildman–Crippen LogP) is 4.10. The first-order valence-corrected chi connectivity index (χ1v) is 9.71. The van der Waals surface area contributed by atoms with E-state index in [1.54, 1.807) is 6.21 Å². The summed E-state index contributed by atoms with van der Waals surface area (Å²) in [5.74, 6) is 0. The first-order chi connectivity index (χ1) is 11.8. The van der Waals surface area contributed by atoms with Gasteiger partial charge in [0.2, 0.25) is 0 Å². The molecule has 0 fully saturated rings. The molecule has 0 bridgehead atoms. The summed E-state index contributed by atoms with van der Waals surface area (Å²) in [5.41, 5.74) is 3.87. The quantitative estimate of drug-likeness (QED) is 0.419. The van der Waals surface area contributed by atoms with E-state index in [9.17, 15) is 4.57 Å². The lowest BCUT2D eigenvalue weighted by Gasteiger charge is -2.17. The first-order valence-electron chi connectivity index (χ1n) is 7.82. The summed E-state index contributed by atoms with van der Waals surface area (Å²) in [6.07, 6.45) is 2.08. The molecule has 4 heteroatoms. The summed E-state index contributed by atoms with van der Waals surface area (Å²) in [6, 6.07) is 29.0. The zero-order valence-corrected chi connectivity index (χ0v) is 14.1. The Morgan fingerprint density at radius 1 is 0.750 bits per heavy atom. The Labute approximate surface area is 142 Å². The van der Waals surface area contributed by atoms with Gasteiger partial charge in [-0.1, -0.05) is 78.9 Å². The largest absolute Gasteiger partial charge is 0.313 e. The highest BCUT2D eigenvalue weighted by molar-refractivity contribution is 7.79. The zero-order chi connectivity index (χ0) is 16.7. The van der Waals surface area contributed by atoms with Gasteiger partial charge in [0.15, 0.2) is 0 Å². The first kappa shape index (κ1) is 16.2. The van der Waals surface area contributed by atoms with Gasteiger partial charge >= 0.3 is 0 Å². The minimum Gasteiger partial charge on any atom is -0.313 e. The van der Waals surface area contributed by atoms with Gasteiger partial charge in [-0.15, -0.1) is 0 Å².